The van der Waals surface area contributed by atoms with Crippen LogP contribution in [0.15, 0.2) is 55.1 Å². The van der Waals surface area contributed by atoms with Gasteiger partial charge in [0.05, 0.1) is 23.7 Å². The fourth-order valence-corrected chi connectivity index (χ4v) is 5.75. The molecule has 1 aliphatic rings. The summed E-state index contributed by atoms with van der Waals surface area (Å²) in [7, 11) is 1.91. The van der Waals surface area contributed by atoms with Crippen molar-refractivity contribution in [3.8, 4) is 17.5 Å². The van der Waals surface area contributed by atoms with Crippen LogP contribution < -0.4 is 0 Å². The maximum Gasteiger partial charge on any atom is 0.141 e. The first-order valence-electron chi connectivity index (χ1n) is 13.3. The standard InChI is InChI=1S/C30H33N7O/c1-20-16-33-36-29(20)30-24(15-31)17-32-27(35-30)14-22-8-11-23(12-9-22)28(25-18-34-37(2)19-25)26(38)13-10-21-6-4-3-5-7-21/h3-7,16-19,22-23,28H,8-14H2,1-2H3,(H,33,36). The first kappa shape index (κ1) is 25.5. The zero-order chi connectivity index (χ0) is 26.5. The molecule has 1 N–H and O–H groups in total. The first-order chi connectivity index (χ1) is 18.5. The normalized spacial score (nSPS) is 18.1. The predicted molar refractivity (Wildman–Crippen MR) is 144 cm³/mol. The predicted octanol–water partition coefficient (Wildman–Crippen LogP) is 5.11. The number of Topliss-reactive ketones (excluding diaryl/α,β-unsaturated/α-hetero) is 1. The average molecular weight is 508 g/mol. The number of benzene rings is 1. The molecule has 3 heterocycles. The van der Waals surface area contributed by atoms with Crippen LogP contribution in [0.3, 0.4) is 0 Å². The molecule has 0 saturated heterocycles. The van der Waals surface area contributed by atoms with E-state index in [0.717, 1.165) is 61.2 Å². The number of aromatic nitrogens is 6. The number of aromatic amines is 1. The molecule has 1 atom stereocenters. The number of carbonyl (C=O) groups excluding carboxylic acids is 1. The van der Waals surface area contributed by atoms with E-state index in [1.54, 1.807) is 17.1 Å². The Morgan fingerprint density at radius 2 is 1.95 bits per heavy atom. The van der Waals surface area contributed by atoms with Gasteiger partial charge in [0.25, 0.3) is 0 Å². The molecule has 1 unspecified atom stereocenters. The molecular formula is C30H33N7O. The number of hydrogen-bond donors (Lipinski definition) is 1. The van der Waals surface area contributed by atoms with Crippen LogP contribution in [0.5, 0.6) is 0 Å². The number of hydrogen-bond acceptors (Lipinski definition) is 6. The summed E-state index contributed by atoms with van der Waals surface area (Å²) in [6, 6.07) is 12.4. The molecule has 38 heavy (non-hydrogen) atoms. The summed E-state index contributed by atoms with van der Waals surface area (Å²) in [6.07, 6.45) is 13.3. The number of nitriles is 1. The third-order valence-corrected chi connectivity index (χ3v) is 7.79. The summed E-state index contributed by atoms with van der Waals surface area (Å²) in [6.45, 7) is 1.95. The summed E-state index contributed by atoms with van der Waals surface area (Å²) in [5.74, 6) is 1.70. The Kier molecular flexibility index (Phi) is 7.73. The van der Waals surface area contributed by atoms with Crippen LogP contribution in [0, 0.1) is 30.1 Å². The molecule has 8 heteroatoms. The molecule has 1 aromatic carbocycles. The molecule has 0 radical (unpaired) electrons. The largest absolute Gasteiger partial charge is 0.299 e. The highest BCUT2D eigenvalue weighted by Gasteiger charge is 2.34. The summed E-state index contributed by atoms with van der Waals surface area (Å²) in [5.41, 5.74) is 5.00. The lowest BCUT2D eigenvalue weighted by Gasteiger charge is -2.33. The Morgan fingerprint density at radius 3 is 2.61 bits per heavy atom. The molecule has 4 aromatic rings. The van der Waals surface area contributed by atoms with Crippen LogP contribution in [0.25, 0.3) is 11.4 Å². The van der Waals surface area contributed by atoms with Crippen molar-refractivity contribution in [1.82, 2.24) is 29.9 Å². The van der Waals surface area contributed by atoms with Gasteiger partial charge in [0.15, 0.2) is 0 Å². The Hall–Kier alpha value is -4.12. The van der Waals surface area contributed by atoms with Gasteiger partial charge in [-0.2, -0.15) is 15.5 Å². The molecule has 1 aliphatic carbocycles. The minimum Gasteiger partial charge on any atom is -0.299 e. The Bertz CT molecular complexity index is 1420. The summed E-state index contributed by atoms with van der Waals surface area (Å²) >= 11 is 0. The van der Waals surface area contributed by atoms with Crippen LogP contribution in [0.2, 0.25) is 0 Å². The van der Waals surface area contributed by atoms with E-state index in [2.05, 4.69) is 38.5 Å². The zero-order valence-corrected chi connectivity index (χ0v) is 22.0. The zero-order valence-electron chi connectivity index (χ0n) is 22.0. The molecule has 1 saturated carbocycles. The van der Waals surface area contributed by atoms with Crippen molar-refractivity contribution in [1.29, 1.82) is 5.26 Å². The van der Waals surface area contributed by atoms with Gasteiger partial charge in [-0.15, -0.1) is 0 Å². The quantitative estimate of drug-likeness (QED) is 0.337. The van der Waals surface area contributed by atoms with Gasteiger partial charge >= 0.3 is 0 Å². The topological polar surface area (TPSA) is 113 Å². The molecule has 3 aromatic heterocycles. The molecule has 1 fully saturated rings. The molecule has 0 aliphatic heterocycles. The van der Waals surface area contributed by atoms with Gasteiger partial charge in [0, 0.05) is 43.8 Å². The minimum atomic E-state index is -0.116. The smallest absolute Gasteiger partial charge is 0.141 e. The monoisotopic (exact) mass is 507 g/mol. The summed E-state index contributed by atoms with van der Waals surface area (Å²) in [4.78, 5) is 22.8. The number of H-pyrrole nitrogens is 1. The van der Waals surface area contributed by atoms with Crippen molar-refractivity contribution in [2.45, 2.75) is 57.8 Å². The van der Waals surface area contributed by atoms with Crippen LogP contribution >= 0.6 is 0 Å². The number of aryl methyl sites for hydroxylation is 3. The van der Waals surface area contributed by atoms with Gasteiger partial charge in [-0.25, -0.2) is 9.97 Å². The number of carbonyl (C=O) groups is 1. The van der Waals surface area contributed by atoms with E-state index in [0.29, 0.717) is 35.3 Å². The highest BCUT2D eigenvalue weighted by molar-refractivity contribution is 5.86. The van der Waals surface area contributed by atoms with Gasteiger partial charge in [-0.3, -0.25) is 14.6 Å². The average Bonchev–Trinajstić information content (AvgIpc) is 3.57. The second-order valence-corrected chi connectivity index (χ2v) is 10.5. The van der Waals surface area contributed by atoms with Crippen molar-refractivity contribution < 1.29 is 4.79 Å². The van der Waals surface area contributed by atoms with Crippen molar-refractivity contribution in [3.63, 3.8) is 0 Å². The van der Waals surface area contributed by atoms with Gasteiger partial charge < -0.3 is 0 Å². The van der Waals surface area contributed by atoms with Crippen molar-refractivity contribution >= 4 is 5.78 Å². The van der Waals surface area contributed by atoms with Crippen molar-refractivity contribution in [2.24, 2.45) is 18.9 Å². The van der Waals surface area contributed by atoms with E-state index < -0.39 is 0 Å². The van der Waals surface area contributed by atoms with Gasteiger partial charge in [0.2, 0.25) is 0 Å². The number of rotatable bonds is 9. The molecule has 8 nitrogen and oxygen atoms in total. The highest BCUT2D eigenvalue weighted by Crippen LogP contribution is 2.40. The van der Waals surface area contributed by atoms with Gasteiger partial charge in [-0.1, -0.05) is 30.3 Å². The third-order valence-electron chi connectivity index (χ3n) is 7.79. The Morgan fingerprint density at radius 1 is 1.16 bits per heavy atom. The first-order valence-corrected chi connectivity index (χ1v) is 13.3. The maximum absolute atomic E-state index is 13.5. The molecule has 194 valence electrons. The summed E-state index contributed by atoms with van der Waals surface area (Å²) < 4.78 is 1.79. The SMILES string of the molecule is Cc1cn[nH]c1-c1nc(CC2CCC(C(C(=O)CCc3ccccc3)c3cnn(C)c3)CC2)ncc1C#N. The lowest BCUT2D eigenvalue weighted by atomic mass is 9.71. The third kappa shape index (κ3) is 5.72. The van der Waals surface area contributed by atoms with E-state index in [1.165, 1.54) is 5.56 Å². The van der Waals surface area contributed by atoms with E-state index in [4.69, 9.17) is 4.98 Å². The molecule has 5 rings (SSSR count). The van der Waals surface area contributed by atoms with Gasteiger partial charge in [-0.05, 0) is 62.0 Å². The number of nitrogens with zero attached hydrogens (tertiary/aromatic N) is 6. The fourth-order valence-electron chi connectivity index (χ4n) is 5.75. The molecule has 0 amide bonds. The van der Waals surface area contributed by atoms with E-state index >= 15 is 0 Å². The van der Waals surface area contributed by atoms with Crippen LogP contribution in [-0.4, -0.2) is 35.7 Å². The number of ketones is 1. The Balaban J connectivity index is 1.26. The summed E-state index contributed by atoms with van der Waals surface area (Å²) in [5, 5.41) is 21.0. The van der Waals surface area contributed by atoms with Crippen molar-refractivity contribution in [3.05, 3.63) is 83.2 Å². The minimum absolute atomic E-state index is 0.116. The van der Waals surface area contributed by atoms with Crippen LogP contribution in [-0.2, 0) is 24.7 Å². The maximum atomic E-state index is 13.5. The van der Waals surface area contributed by atoms with Gasteiger partial charge in [0.1, 0.15) is 23.4 Å². The highest BCUT2D eigenvalue weighted by atomic mass is 16.1. The molecule has 0 spiro atoms. The second-order valence-electron chi connectivity index (χ2n) is 10.5. The van der Waals surface area contributed by atoms with E-state index in [9.17, 15) is 10.1 Å². The van der Waals surface area contributed by atoms with Crippen molar-refractivity contribution in [2.75, 3.05) is 0 Å². The van der Waals surface area contributed by atoms with E-state index in [-0.39, 0.29) is 5.92 Å². The lowest BCUT2D eigenvalue weighted by Crippen LogP contribution is -2.27. The lowest BCUT2D eigenvalue weighted by molar-refractivity contribution is -0.122. The van der Waals surface area contributed by atoms with Crippen LogP contribution in [0.4, 0.5) is 0 Å². The fraction of sp³-hybridized carbons (Fsp3) is 0.400. The number of nitrogens with one attached hydrogen (secondary N) is 1. The molecule has 0 bridgehead atoms. The second kappa shape index (κ2) is 11.5. The van der Waals surface area contributed by atoms with E-state index in [1.807, 2.05) is 44.6 Å². The Labute approximate surface area is 223 Å². The molecular weight excluding hydrogens is 474 g/mol. The van der Waals surface area contributed by atoms with Crippen LogP contribution in [0.1, 0.15) is 66.1 Å².